The monoisotopic (exact) mass is 166 g/mol. The molecule has 0 aromatic heterocycles. The standard InChI is InChI=1S/C10H14O2/c1-10-5-4-9(11)7-8(10)3-2-6-12-10/h7H,2-6H2,1H3/t10-/m0/s1. The lowest BCUT2D eigenvalue weighted by atomic mass is 9.80. The molecule has 2 rings (SSSR count). The number of rotatable bonds is 0. The molecule has 2 nitrogen and oxygen atoms in total. The summed E-state index contributed by atoms with van der Waals surface area (Å²) in [6.07, 6.45) is 5.43. The molecule has 0 bridgehead atoms. The van der Waals surface area contributed by atoms with Gasteiger partial charge in [-0.1, -0.05) is 0 Å². The molecule has 1 aliphatic carbocycles. The third-order valence-electron chi connectivity index (χ3n) is 2.87. The molecule has 0 N–H and O–H groups in total. The van der Waals surface area contributed by atoms with Crippen LogP contribution in [0.2, 0.25) is 0 Å². The maximum absolute atomic E-state index is 11.1. The molecular formula is C10H14O2. The van der Waals surface area contributed by atoms with Gasteiger partial charge in [-0.05, 0) is 37.8 Å². The van der Waals surface area contributed by atoms with Crippen molar-refractivity contribution < 1.29 is 9.53 Å². The maximum atomic E-state index is 11.1. The molecule has 1 atom stereocenters. The summed E-state index contributed by atoms with van der Waals surface area (Å²) in [4.78, 5) is 11.1. The van der Waals surface area contributed by atoms with Crippen molar-refractivity contribution in [3.8, 4) is 0 Å². The lowest BCUT2D eigenvalue weighted by Crippen LogP contribution is -2.38. The Hall–Kier alpha value is -0.630. The van der Waals surface area contributed by atoms with Crippen molar-refractivity contribution >= 4 is 5.78 Å². The second-order valence-electron chi connectivity index (χ2n) is 3.82. The first-order valence-electron chi connectivity index (χ1n) is 4.58. The van der Waals surface area contributed by atoms with Crippen molar-refractivity contribution in [3.63, 3.8) is 0 Å². The van der Waals surface area contributed by atoms with Gasteiger partial charge in [0.25, 0.3) is 0 Å². The summed E-state index contributed by atoms with van der Waals surface area (Å²) in [5.74, 6) is 0.271. The minimum atomic E-state index is -0.105. The van der Waals surface area contributed by atoms with E-state index < -0.39 is 0 Å². The van der Waals surface area contributed by atoms with Crippen LogP contribution in [0.3, 0.4) is 0 Å². The Morgan fingerprint density at radius 3 is 3.17 bits per heavy atom. The van der Waals surface area contributed by atoms with Gasteiger partial charge in [-0.25, -0.2) is 0 Å². The Balaban J connectivity index is 2.29. The average molecular weight is 166 g/mol. The Labute approximate surface area is 72.6 Å². The van der Waals surface area contributed by atoms with Gasteiger partial charge in [0, 0.05) is 13.0 Å². The topological polar surface area (TPSA) is 26.3 Å². The molecule has 0 radical (unpaired) electrons. The van der Waals surface area contributed by atoms with Crippen LogP contribution in [-0.2, 0) is 9.53 Å². The largest absolute Gasteiger partial charge is 0.371 e. The summed E-state index contributed by atoms with van der Waals surface area (Å²) in [5.41, 5.74) is 1.11. The molecule has 0 aromatic rings. The van der Waals surface area contributed by atoms with Gasteiger partial charge in [-0.15, -0.1) is 0 Å². The van der Waals surface area contributed by atoms with Gasteiger partial charge in [-0.3, -0.25) is 4.79 Å². The van der Waals surface area contributed by atoms with Gasteiger partial charge in [-0.2, -0.15) is 0 Å². The van der Waals surface area contributed by atoms with E-state index in [1.54, 1.807) is 6.08 Å². The molecule has 0 saturated carbocycles. The minimum Gasteiger partial charge on any atom is -0.371 e. The Bertz CT molecular complexity index is 242. The first-order chi connectivity index (χ1) is 5.71. The van der Waals surface area contributed by atoms with E-state index in [1.165, 1.54) is 5.57 Å². The second-order valence-corrected chi connectivity index (χ2v) is 3.82. The smallest absolute Gasteiger partial charge is 0.155 e. The number of hydrogen-bond donors (Lipinski definition) is 0. The van der Waals surface area contributed by atoms with E-state index in [0.717, 1.165) is 25.9 Å². The van der Waals surface area contributed by atoms with Crippen LogP contribution < -0.4 is 0 Å². The van der Waals surface area contributed by atoms with Crippen molar-refractivity contribution in [2.45, 2.75) is 38.2 Å². The normalized spacial score (nSPS) is 35.8. The highest BCUT2D eigenvalue weighted by atomic mass is 16.5. The fraction of sp³-hybridized carbons (Fsp3) is 0.700. The number of fused-ring (bicyclic) bond motifs is 1. The Morgan fingerprint density at radius 1 is 1.50 bits per heavy atom. The fourth-order valence-electron chi connectivity index (χ4n) is 2.00. The molecule has 2 aliphatic rings. The van der Waals surface area contributed by atoms with Gasteiger partial charge < -0.3 is 4.74 Å². The van der Waals surface area contributed by atoms with Crippen LogP contribution in [0.5, 0.6) is 0 Å². The number of ether oxygens (including phenoxy) is 1. The molecule has 0 aromatic carbocycles. The predicted octanol–water partition coefficient (Wildman–Crippen LogP) is 1.84. The van der Waals surface area contributed by atoms with E-state index in [1.807, 2.05) is 0 Å². The molecule has 66 valence electrons. The molecule has 0 amide bonds. The summed E-state index contributed by atoms with van der Waals surface area (Å²) in [5, 5.41) is 0. The van der Waals surface area contributed by atoms with Crippen molar-refractivity contribution in [2.75, 3.05) is 6.61 Å². The zero-order chi connectivity index (χ0) is 8.60. The SMILES string of the molecule is C[C@]12CCC(=O)C=C1CCCO2. The molecule has 1 heterocycles. The Morgan fingerprint density at radius 2 is 2.33 bits per heavy atom. The molecule has 12 heavy (non-hydrogen) atoms. The lowest BCUT2D eigenvalue weighted by molar-refractivity contribution is -0.118. The molecule has 0 spiro atoms. The van der Waals surface area contributed by atoms with Crippen molar-refractivity contribution in [1.29, 1.82) is 0 Å². The van der Waals surface area contributed by atoms with Gasteiger partial charge in [0.1, 0.15) is 0 Å². The number of carbonyl (C=O) groups excluding carboxylic acids is 1. The van der Waals surface area contributed by atoms with Gasteiger partial charge in [0.2, 0.25) is 0 Å². The number of ketones is 1. The summed E-state index contributed by atoms with van der Waals surface area (Å²) < 4.78 is 5.70. The van der Waals surface area contributed by atoms with Gasteiger partial charge in [0.15, 0.2) is 5.78 Å². The molecule has 0 unspecified atom stereocenters. The number of allylic oxidation sites excluding steroid dienone is 1. The fourth-order valence-corrected chi connectivity index (χ4v) is 2.00. The average Bonchev–Trinajstić information content (AvgIpc) is 2.06. The minimum absolute atomic E-state index is 0.105. The summed E-state index contributed by atoms with van der Waals surface area (Å²) in [6, 6.07) is 0. The third-order valence-corrected chi connectivity index (χ3v) is 2.87. The first-order valence-corrected chi connectivity index (χ1v) is 4.58. The van der Waals surface area contributed by atoms with E-state index in [0.29, 0.717) is 6.42 Å². The maximum Gasteiger partial charge on any atom is 0.155 e. The van der Waals surface area contributed by atoms with Crippen LogP contribution in [-0.4, -0.2) is 18.0 Å². The summed E-state index contributed by atoms with van der Waals surface area (Å²) in [6.45, 7) is 2.95. The molecule has 1 fully saturated rings. The van der Waals surface area contributed by atoms with E-state index in [4.69, 9.17) is 4.74 Å². The quantitative estimate of drug-likeness (QED) is 0.549. The van der Waals surface area contributed by atoms with E-state index in [-0.39, 0.29) is 11.4 Å². The van der Waals surface area contributed by atoms with Crippen molar-refractivity contribution in [2.24, 2.45) is 0 Å². The number of hydrogen-bond acceptors (Lipinski definition) is 2. The van der Waals surface area contributed by atoms with Crippen LogP contribution in [0.25, 0.3) is 0 Å². The molecular weight excluding hydrogens is 152 g/mol. The number of carbonyl (C=O) groups is 1. The first kappa shape index (κ1) is 7.99. The third kappa shape index (κ3) is 1.20. The molecule has 1 aliphatic heterocycles. The lowest BCUT2D eigenvalue weighted by Gasteiger charge is -2.38. The van der Waals surface area contributed by atoms with E-state index in [2.05, 4.69) is 6.92 Å². The van der Waals surface area contributed by atoms with Crippen LogP contribution in [0, 0.1) is 0 Å². The van der Waals surface area contributed by atoms with Gasteiger partial charge >= 0.3 is 0 Å². The summed E-state index contributed by atoms with van der Waals surface area (Å²) in [7, 11) is 0. The summed E-state index contributed by atoms with van der Waals surface area (Å²) >= 11 is 0. The van der Waals surface area contributed by atoms with Crippen LogP contribution >= 0.6 is 0 Å². The van der Waals surface area contributed by atoms with Crippen LogP contribution in [0.1, 0.15) is 32.6 Å². The zero-order valence-corrected chi connectivity index (χ0v) is 7.43. The van der Waals surface area contributed by atoms with E-state index >= 15 is 0 Å². The molecule has 1 saturated heterocycles. The zero-order valence-electron chi connectivity index (χ0n) is 7.43. The Kier molecular flexibility index (Phi) is 1.80. The van der Waals surface area contributed by atoms with Crippen molar-refractivity contribution in [3.05, 3.63) is 11.6 Å². The molecule has 2 heteroatoms. The van der Waals surface area contributed by atoms with Crippen molar-refractivity contribution in [1.82, 2.24) is 0 Å². The van der Waals surface area contributed by atoms with E-state index in [9.17, 15) is 4.79 Å². The second kappa shape index (κ2) is 2.70. The van der Waals surface area contributed by atoms with Gasteiger partial charge in [0.05, 0.1) is 5.60 Å². The predicted molar refractivity (Wildman–Crippen MR) is 45.9 cm³/mol. The highest BCUT2D eigenvalue weighted by Gasteiger charge is 2.35. The highest BCUT2D eigenvalue weighted by Crippen LogP contribution is 2.36. The highest BCUT2D eigenvalue weighted by molar-refractivity contribution is 5.91. The van der Waals surface area contributed by atoms with Crippen LogP contribution in [0.15, 0.2) is 11.6 Å². The van der Waals surface area contributed by atoms with Crippen LogP contribution in [0.4, 0.5) is 0 Å².